The number of hydrogen-bond acceptors (Lipinski definition) is 5. The monoisotopic (exact) mass is 328 g/mol. The molecule has 1 N–H and O–H groups in total. The molecule has 7 nitrogen and oxygen atoms in total. The van der Waals surface area contributed by atoms with E-state index in [2.05, 4.69) is 15.4 Å². The van der Waals surface area contributed by atoms with Crippen LogP contribution in [0.25, 0.3) is 6.08 Å². The summed E-state index contributed by atoms with van der Waals surface area (Å²) in [7, 11) is 1.63. The fraction of sp³-hybridized carbons (Fsp3) is 0.167. The number of aryl methyl sites for hydroxylation is 1. The van der Waals surface area contributed by atoms with E-state index in [4.69, 9.17) is 33.0 Å². The van der Waals surface area contributed by atoms with Crippen LogP contribution in [-0.2, 0) is 18.4 Å². The zero-order chi connectivity index (χ0) is 15.4. The first-order chi connectivity index (χ1) is 9.95. The van der Waals surface area contributed by atoms with E-state index < -0.39 is 5.97 Å². The highest BCUT2D eigenvalue weighted by Gasteiger charge is 2.11. The molecule has 0 unspecified atom stereocenters. The second-order valence-electron chi connectivity index (χ2n) is 3.96. The second kappa shape index (κ2) is 6.55. The highest BCUT2D eigenvalue weighted by Crippen LogP contribution is 2.33. The number of ether oxygens (including phenoxy) is 1. The van der Waals surface area contributed by atoms with E-state index in [9.17, 15) is 4.79 Å². The fourth-order valence-electron chi connectivity index (χ4n) is 1.54. The smallest absolute Gasteiger partial charge is 0.328 e. The Bertz CT molecular complexity index is 700. The van der Waals surface area contributed by atoms with Gasteiger partial charge in [0.05, 0.1) is 12.1 Å². The minimum atomic E-state index is -1.09. The van der Waals surface area contributed by atoms with Gasteiger partial charge in [0.15, 0.2) is 6.61 Å². The lowest BCUT2D eigenvalue weighted by Gasteiger charge is -2.10. The van der Waals surface area contributed by atoms with Crippen molar-refractivity contribution in [2.75, 3.05) is 0 Å². The molecule has 110 valence electrons. The van der Waals surface area contributed by atoms with Crippen molar-refractivity contribution >= 4 is 35.2 Å². The third-order valence-corrected chi connectivity index (χ3v) is 2.84. The molecule has 0 amide bonds. The predicted octanol–water partition coefficient (Wildman–Crippen LogP) is 2.19. The van der Waals surface area contributed by atoms with Crippen molar-refractivity contribution in [2.24, 2.45) is 7.05 Å². The molecule has 0 fully saturated rings. The van der Waals surface area contributed by atoms with Crippen molar-refractivity contribution < 1.29 is 14.6 Å². The molecule has 0 atom stereocenters. The quantitative estimate of drug-likeness (QED) is 0.846. The number of aromatic nitrogens is 4. The van der Waals surface area contributed by atoms with Crippen LogP contribution in [0.15, 0.2) is 18.2 Å². The van der Waals surface area contributed by atoms with Gasteiger partial charge in [-0.25, -0.2) is 4.79 Å². The van der Waals surface area contributed by atoms with E-state index in [0.29, 0.717) is 22.2 Å². The van der Waals surface area contributed by atoms with Crippen molar-refractivity contribution in [3.05, 3.63) is 39.6 Å². The molecule has 1 aromatic heterocycles. The fourth-order valence-corrected chi connectivity index (χ4v) is 2.10. The van der Waals surface area contributed by atoms with Crippen LogP contribution in [0.1, 0.15) is 11.4 Å². The van der Waals surface area contributed by atoms with Gasteiger partial charge in [-0.15, -0.1) is 10.2 Å². The second-order valence-corrected chi connectivity index (χ2v) is 4.80. The summed E-state index contributed by atoms with van der Waals surface area (Å²) in [6.45, 7) is 0.0447. The number of carboxylic acid groups (broad SMARTS) is 1. The lowest BCUT2D eigenvalue weighted by Crippen LogP contribution is -2.01. The van der Waals surface area contributed by atoms with Crippen LogP contribution in [0, 0.1) is 0 Å². The first kappa shape index (κ1) is 15.3. The standard InChI is InChI=1S/C12H10Cl2N4O3/c1-18-16-10(15-17-18)6-21-12-7(2-3-11(19)20)4-8(13)5-9(12)14/h2-5H,6H2,1H3,(H,19,20)/b3-2+. The minimum absolute atomic E-state index is 0.0447. The largest absolute Gasteiger partial charge is 0.483 e. The van der Waals surface area contributed by atoms with Gasteiger partial charge in [-0.05, 0) is 23.4 Å². The average Bonchev–Trinajstić information content (AvgIpc) is 2.80. The van der Waals surface area contributed by atoms with Gasteiger partial charge in [0, 0.05) is 16.7 Å². The summed E-state index contributed by atoms with van der Waals surface area (Å²) in [6.07, 6.45) is 2.31. The number of aliphatic carboxylic acids is 1. The highest BCUT2D eigenvalue weighted by atomic mass is 35.5. The van der Waals surface area contributed by atoms with Gasteiger partial charge < -0.3 is 9.84 Å². The van der Waals surface area contributed by atoms with Gasteiger partial charge in [0.1, 0.15) is 5.75 Å². The maximum atomic E-state index is 10.6. The molecule has 0 saturated carbocycles. The maximum absolute atomic E-state index is 10.6. The van der Waals surface area contributed by atoms with Gasteiger partial charge in [-0.3, -0.25) is 0 Å². The summed E-state index contributed by atoms with van der Waals surface area (Å²) < 4.78 is 5.54. The lowest BCUT2D eigenvalue weighted by atomic mass is 10.2. The number of halogens is 2. The number of hydrogen-bond donors (Lipinski definition) is 1. The van der Waals surface area contributed by atoms with Crippen LogP contribution in [0.2, 0.25) is 10.0 Å². The van der Waals surface area contributed by atoms with Crippen molar-refractivity contribution in [3.8, 4) is 5.75 Å². The van der Waals surface area contributed by atoms with Crippen LogP contribution < -0.4 is 4.74 Å². The highest BCUT2D eigenvalue weighted by molar-refractivity contribution is 6.35. The lowest BCUT2D eigenvalue weighted by molar-refractivity contribution is -0.131. The molecule has 1 heterocycles. The zero-order valence-corrected chi connectivity index (χ0v) is 12.3. The molecule has 0 aliphatic rings. The Hall–Kier alpha value is -2.12. The molecule has 0 aliphatic heterocycles. The Balaban J connectivity index is 2.26. The van der Waals surface area contributed by atoms with Crippen molar-refractivity contribution in [1.82, 2.24) is 20.2 Å². The molecule has 0 bridgehead atoms. The predicted molar refractivity (Wildman–Crippen MR) is 76.3 cm³/mol. The van der Waals surface area contributed by atoms with Gasteiger partial charge in [-0.1, -0.05) is 23.2 Å². The third-order valence-electron chi connectivity index (χ3n) is 2.34. The minimum Gasteiger partial charge on any atom is -0.483 e. The molecule has 0 saturated heterocycles. The number of rotatable bonds is 5. The zero-order valence-electron chi connectivity index (χ0n) is 10.8. The van der Waals surface area contributed by atoms with E-state index in [1.807, 2.05) is 0 Å². The van der Waals surface area contributed by atoms with Crippen LogP contribution >= 0.6 is 23.2 Å². The van der Waals surface area contributed by atoms with Crippen molar-refractivity contribution in [2.45, 2.75) is 6.61 Å². The average molecular weight is 329 g/mol. The first-order valence-corrected chi connectivity index (χ1v) is 6.47. The Morgan fingerprint density at radius 2 is 2.24 bits per heavy atom. The van der Waals surface area contributed by atoms with Gasteiger partial charge in [0.2, 0.25) is 5.82 Å². The molecule has 21 heavy (non-hydrogen) atoms. The van der Waals surface area contributed by atoms with Gasteiger partial charge in [-0.2, -0.15) is 4.80 Å². The first-order valence-electron chi connectivity index (χ1n) is 5.71. The Kier molecular flexibility index (Phi) is 4.77. The van der Waals surface area contributed by atoms with Crippen LogP contribution in [-0.4, -0.2) is 31.3 Å². The van der Waals surface area contributed by atoms with E-state index in [1.165, 1.54) is 16.9 Å². The van der Waals surface area contributed by atoms with Gasteiger partial charge >= 0.3 is 5.97 Å². The van der Waals surface area contributed by atoms with Crippen molar-refractivity contribution in [1.29, 1.82) is 0 Å². The van der Waals surface area contributed by atoms with Crippen LogP contribution in [0.5, 0.6) is 5.75 Å². The Morgan fingerprint density at radius 3 is 2.86 bits per heavy atom. The van der Waals surface area contributed by atoms with Gasteiger partial charge in [0.25, 0.3) is 0 Å². The molecule has 9 heteroatoms. The van der Waals surface area contributed by atoms with Crippen molar-refractivity contribution in [3.63, 3.8) is 0 Å². The summed E-state index contributed by atoms with van der Waals surface area (Å²) >= 11 is 12.0. The molecule has 1 aromatic carbocycles. The molecule has 0 spiro atoms. The number of carboxylic acids is 1. The summed E-state index contributed by atoms with van der Waals surface area (Å²) in [4.78, 5) is 11.9. The Labute approximate surface area is 129 Å². The summed E-state index contributed by atoms with van der Waals surface area (Å²) in [5.74, 6) is -0.421. The molecular weight excluding hydrogens is 319 g/mol. The number of benzene rings is 1. The SMILES string of the molecule is Cn1nnc(COc2c(Cl)cc(Cl)cc2/C=C/C(=O)O)n1. The molecule has 0 aliphatic carbocycles. The number of carbonyl (C=O) groups is 1. The molecule has 0 radical (unpaired) electrons. The molecular formula is C12H10Cl2N4O3. The van der Waals surface area contributed by atoms with E-state index in [-0.39, 0.29) is 11.6 Å². The summed E-state index contributed by atoms with van der Waals surface area (Å²) in [5, 5.41) is 20.7. The van der Waals surface area contributed by atoms with E-state index in [1.54, 1.807) is 13.1 Å². The number of tetrazole rings is 1. The third kappa shape index (κ3) is 4.17. The number of nitrogens with zero attached hydrogens (tertiary/aromatic N) is 4. The molecule has 2 rings (SSSR count). The topological polar surface area (TPSA) is 90.1 Å². The normalized spacial score (nSPS) is 11.0. The van der Waals surface area contributed by atoms with E-state index in [0.717, 1.165) is 6.08 Å². The summed E-state index contributed by atoms with van der Waals surface area (Å²) in [5.41, 5.74) is 0.443. The summed E-state index contributed by atoms with van der Waals surface area (Å²) in [6, 6.07) is 3.05. The van der Waals surface area contributed by atoms with Crippen LogP contribution in [0.3, 0.4) is 0 Å². The molecule has 2 aromatic rings. The van der Waals surface area contributed by atoms with Crippen LogP contribution in [0.4, 0.5) is 0 Å². The van der Waals surface area contributed by atoms with E-state index >= 15 is 0 Å². The maximum Gasteiger partial charge on any atom is 0.328 e. The Morgan fingerprint density at radius 1 is 1.48 bits per heavy atom.